The van der Waals surface area contributed by atoms with Gasteiger partial charge >= 0.3 is 6.09 Å². The molecule has 2 heterocycles. The third-order valence-electron chi connectivity index (χ3n) is 5.35. The molecule has 4 rings (SSSR count). The molecule has 1 fully saturated rings. The summed E-state index contributed by atoms with van der Waals surface area (Å²) < 4.78 is 10.9. The fourth-order valence-electron chi connectivity index (χ4n) is 3.76. The minimum Gasteiger partial charge on any atom is -0.444 e. The van der Waals surface area contributed by atoms with E-state index < -0.39 is 6.09 Å². The average Bonchev–Trinajstić information content (AvgIpc) is 3.24. The second-order valence-electron chi connectivity index (χ2n) is 7.82. The van der Waals surface area contributed by atoms with Crippen molar-refractivity contribution in [1.82, 2.24) is 15.3 Å². The fourth-order valence-corrected chi connectivity index (χ4v) is 3.76. The SMILES string of the molecule is Cc1cc(OC(=O)NC2CCC(C)CC2)cc(-c2cncc(-c3ncco3)c2)c1. The number of oxazole rings is 1. The van der Waals surface area contributed by atoms with Crippen LogP contribution < -0.4 is 10.1 Å². The molecule has 1 aromatic carbocycles. The molecule has 1 amide bonds. The first-order chi connectivity index (χ1) is 14.1. The van der Waals surface area contributed by atoms with Crippen molar-refractivity contribution in [1.29, 1.82) is 0 Å². The minimum atomic E-state index is -0.396. The average molecular weight is 391 g/mol. The first-order valence-electron chi connectivity index (χ1n) is 10.0. The molecule has 1 N–H and O–H groups in total. The monoisotopic (exact) mass is 391 g/mol. The zero-order valence-electron chi connectivity index (χ0n) is 16.7. The summed E-state index contributed by atoms with van der Waals surface area (Å²) >= 11 is 0. The highest BCUT2D eigenvalue weighted by Gasteiger charge is 2.20. The largest absolute Gasteiger partial charge is 0.444 e. The van der Waals surface area contributed by atoms with E-state index in [0.29, 0.717) is 11.6 Å². The van der Waals surface area contributed by atoms with Crippen LogP contribution in [0.5, 0.6) is 5.75 Å². The number of benzene rings is 1. The molecule has 3 aromatic rings. The third-order valence-corrected chi connectivity index (χ3v) is 5.35. The van der Waals surface area contributed by atoms with Crippen molar-refractivity contribution in [3.8, 4) is 28.3 Å². The Labute approximate surface area is 170 Å². The number of ether oxygens (including phenoxy) is 1. The molecule has 0 spiro atoms. The lowest BCUT2D eigenvalue weighted by atomic mass is 9.87. The van der Waals surface area contributed by atoms with Crippen molar-refractivity contribution in [3.63, 3.8) is 0 Å². The lowest BCUT2D eigenvalue weighted by molar-refractivity contribution is 0.189. The maximum absolute atomic E-state index is 12.4. The van der Waals surface area contributed by atoms with Crippen molar-refractivity contribution >= 4 is 6.09 Å². The molecular formula is C23H25N3O3. The van der Waals surface area contributed by atoms with Gasteiger partial charge in [-0.15, -0.1) is 0 Å². The standard InChI is InChI=1S/C23H25N3O3/c1-15-3-5-20(6-4-15)26-23(27)29-21-10-16(2)9-17(12-21)18-11-19(14-24-13-18)22-25-7-8-28-22/h7-15,20H,3-6H2,1-2H3,(H,26,27). The number of nitrogens with one attached hydrogen (secondary N) is 1. The van der Waals surface area contributed by atoms with Crippen LogP contribution in [0.4, 0.5) is 4.79 Å². The van der Waals surface area contributed by atoms with Gasteiger partial charge in [-0.25, -0.2) is 9.78 Å². The van der Waals surface area contributed by atoms with E-state index in [1.807, 2.05) is 31.2 Å². The fraction of sp³-hybridized carbons (Fsp3) is 0.348. The van der Waals surface area contributed by atoms with Crippen LogP contribution in [0, 0.1) is 12.8 Å². The van der Waals surface area contributed by atoms with Crippen LogP contribution in [0.25, 0.3) is 22.6 Å². The first kappa shape index (κ1) is 19.2. The molecule has 0 unspecified atom stereocenters. The Morgan fingerprint density at radius 2 is 1.86 bits per heavy atom. The number of pyridine rings is 1. The van der Waals surface area contributed by atoms with Gasteiger partial charge in [-0.3, -0.25) is 4.98 Å². The Morgan fingerprint density at radius 1 is 1.07 bits per heavy atom. The smallest absolute Gasteiger partial charge is 0.412 e. The molecule has 6 nitrogen and oxygen atoms in total. The highest BCUT2D eigenvalue weighted by atomic mass is 16.6. The summed E-state index contributed by atoms with van der Waals surface area (Å²) in [4.78, 5) is 20.8. The van der Waals surface area contributed by atoms with Crippen molar-refractivity contribution < 1.29 is 13.9 Å². The molecule has 2 aromatic heterocycles. The van der Waals surface area contributed by atoms with Gasteiger partial charge in [0, 0.05) is 24.0 Å². The summed E-state index contributed by atoms with van der Waals surface area (Å²) in [5.41, 5.74) is 3.61. The Kier molecular flexibility index (Phi) is 5.60. The van der Waals surface area contributed by atoms with Gasteiger partial charge in [0.25, 0.3) is 0 Å². The molecule has 0 bridgehead atoms. The molecule has 0 saturated heterocycles. The quantitative estimate of drug-likeness (QED) is 0.646. The normalized spacial score (nSPS) is 19.0. The van der Waals surface area contributed by atoms with Gasteiger partial charge in [0.2, 0.25) is 5.89 Å². The van der Waals surface area contributed by atoms with Gasteiger partial charge in [0.05, 0.1) is 11.8 Å². The van der Waals surface area contributed by atoms with Crippen LogP contribution >= 0.6 is 0 Å². The summed E-state index contributed by atoms with van der Waals surface area (Å²) in [6.07, 6.45) is 10.5. The summed E-state index contributed by atoms with van der Waals surface area (Å²) in [5, 5.41) is 3.00. The van der Waals surface area contributed by atoms with E-state index in [1.165, 1.54) is 6.26 Å². The molecule has 0 radical (unpaired) electrons. The molecule has 0 atom stereocenters. The van der Waals surface area contributed by atoms with Gasteiger partial charge < -0.3 is 14.5 Å². The molecule has 0 aliphatic heterocycles. The summed E-state index contributed by atoms with van der Waals surface area (Å²) in [7, 11) is 0. The zero-order valence-corrected chi connectivity index (χ0v) is 16.7. The lowest BCUT2D eigenvalue weighted by Gasteiger charge is -2.26. The molecule has 1 aliphatic carbocycles. The minimum absolute atomic E-state index is 0.199. The Balaban J connectivity index is 1.49. The number of carbonyl (C=O) groups excluding carboxylic acids is 1. The van der Waals surface area contributed by atoms with Crippen molar-refractivity contribution in [3.05, 3.63) is 54.7 Å². The van der Waals surface area contributed by atoms with E-state index in [0.717, 1.165) is 53.9 Å². The molecule has 1 aliphatic rings. The number of hydrogen-bond donors (Lipinski definition) is 1. The maximum Gasteiger partial charge on any atom is 0.412 e. The summed E-state index contributed by atoms with van der Waals surface area (Å²) in [6, 6.07) is 7.90. The van der Waals surface area contributed by atoms with E-state index >= 15 is 0 Å². The van der Waals surface area contributed by atoms with Crippen LogP contribution in [0.15, 0.2) is 53.5 Å². The van der Waals surface area contributed by atoms with Crippen molar-refractivity contribution in [2.45, 2.75) is 45.6 Å². The van der Waals surface area contributed by atoms with Crippen LogP contribution in [-0.2, 0) is 0 Å². The number of nitrogens with zero attached hydrogens (tertiary/aromatic N) is 2. The predicted octanol–water partition coefficient (Wildman–Crippen LogP) is 5.38. The lowest BCUT2D eigenvalue weighted by Crippen LogP contribution is -2.39. The van der Waals surface area contributed by atoms with Crippen molar-refractivity contribution in [2.75, 3.05) is 0 Å². The topological polar surface area (TPSA) is 77.2 Å². The maximum atomic E-state index is 12.4. The first-order valence-corrected chi connectivity index (χ1v) is 10.0. The highest BCUT2D eigenvalue weighted by molar-refractivity contribution is 5.74. The van der Waals surface area contributed by atoms with E-state index in [1.54, 1.807) is 18.6 Å². The van der Waals surface area contributed by atoms with E-state index in [2.05, 4.69) is 22.2 Å². The number of carbonyl (C=O) groups is 1. The van der Waals surface area contributed by atoms with Gasteiger partial charge in [-0.05, 0) is 67.9 Å². The number of amides is 1. The van der Waals surface area contributed by atoms with Crippen LogP contribution in [0.2, 0.25) is 0 Å². The highest BCUT2D eigenvalue weighted by Crippen LogP contribution is 2.29. The number of aromatic nitrogens is 2. The van der Waals surface area contributed by atoms with Crippen LogP contribution in [-0.4, -0.2) is 22.1 Å². The summed E-state index contributed by atoms with van der Waals surface area (Å²) in [6.45, 7) is 4.23. The van der Waals surface area contributed by atoms with Crippen LogP contribution in [0.1, 0.15) is 38.2 Å². The second-order valence-corrected chi connectivity index (χ2v) is 7.82. The molecule has 1 saturated carbocycles. The van der Waals surface area contributed by atoms with E-state index in [9.17, 15) is 4.79 Å². The van der Waals surface area contributed by atoms with E-state index in [-0.39, 0.29) is 6.04 Å². The predicted molar refractivity (Wildman–Crippen MR) is 110 cm³/mol. The Bertz CT molecular complexity index is 977. The molecular weight excluding hydrogens is 366 g/mol. The molecule has 6 heteroatoms. The van der Waals surface area contributed by atoms with Gasteiger partial charge in [-0.2, -0.15) is 0 Å². The Hall–Kier alpha value is -3.15. The third kappa shape index (κ3) is 4.83. The summed E-state index contributed by atoms with van der Waals surface area (Å²) in [5.74, 6) is 1.78. The van der Waals surface area contributed by atoms with Crippen molar-refractivity contribution in [2.24, 2.45) is 5.92 Å². The molecule has 150 valence electrons. The van der Waals surface area contributed by atoms with Gasteiger partial charge in [-0.1, -0.05) is 13.0 Å². The number of hydrogen-bond acceptors (Lipinski definition) is 5. The van der Waals surface area contributed by atoms with Crippen LogP contribution in [0.3, 0.4) is 0 Å². The Morgan fingerprint density at radius 3 is 2.62 bits per heavy atom. The van der Waals surface area contributed by atoms with Gasteiger partial charge in [0.1, 0.15) is 12.0 Å². The number of rotatable bonds is 4. The zero-order chi connectivity index (χ0) is 20.2. The van der Waals surface area contributed by atoms with E-state index in [4.69, 9.17) is 9.15 Å². The number of aryl methyl sites for hydroxylation is 1. The second kappa shape index (κ2) is 8.47. The molecule has 29 heavy (non-hydrogen) atoms. The van der Waals surface area contributed by atoms with Gasteiger partial charge in [0.15, 0.2) is 0 Å².